The number of carbonyl (C=O) groups excluding carboxylic acids is 1. The van der Waals surface area contributed by atoms with Crippen molar-refractivity contribution in [2.45, 2.75) is 20.0 Å². The van der Waals surface area contributed by atoms with Crippen molar-refractivity contribution in [3.8, 4) is 11.5 Å². The second-order valence-electron chi connectivity index (χ2n) is 6.12. The maximum atomic E-state index is 12.2. The van der Waals surface area contributed by atoms with Gasteiger partial charge in [0.2, 0.25) is 0 Å². The van der Waals surface area contributed by atoms with Gasteiger partial charge in [-0.05, 0) is 54.4 Å². The van der Waals surface area contributed by atoms with Gasteiger partial charge in [-0.15, -0.1) is 0 Å². The zero-order chi connectivity index (χ0) is 19.4. The summed E-state index contributed by atoms with van der Waals surface area (Å²) in [6.07, 6.45) is 0.679. The lowest BCUT2D eigenvalue weighted by atomic mass is 10.0. The minimum absolute atomic E-state index is 0.0904. The number of amides is 1. The molecule has 0 bridgehead atoms. The van der Waals surface area contributed by atoms with Crippen LogP contribution in [-0.2, 0) is 4.79 Å². The van der Waals surface area contributed by atoms with Crippen molar-refractivity contribution in [2.24, 2.45) is 5.10 Å². The van der Waals surface area contributed by atoms with E-state index in [1.165, 1.54) is 6.21 Å². The molecular weight excluding hydrogens is 364 g/mol. The van der Waals surface area contributed by atoms with Gasteiger partial charge in [0.05, 0.1) is 6.21 Å². The highest BCUT2D eigenvalue weighted by Crippen LogP contribution is 2.25. The summed E-state index contributed by atoms with van der Waals surface area (Å²) in [6, 6.07) is 16.2. The van der Waals surface area contributed by atoms with E-state index < -0.39 is 12.0 Å². The van der Waals surface area contributed by atoms with Crippen LogP contribution in [0.2, 0.25) is 5.02 Å². The number of hydrazone groups is 1. The Kier molecular flexibility index (Phi) is 5.62. The van der Waals surface area contributed by atoms with Crippen LogP contribution in [0.5, 0.6) is 11.5 Å². The summed E-state index contributed by atoms with van der Waals surface area (Å²) in [6.45, 7) is 3.49. The average molecular weight is 383 g/mol. The summed E-state index contributed by atoms with van der Waals surface area (Å²) < 4.78 is 5.61. The minimum atomic E-state index is -0.746. The van der Waals surface area contributed by atoms with Gasteiger partial charge in [-0.3, -0.25) is 4.79 Å². The van der Waals surface area contributed by atoms with Crippen molar-refractivity contribution in [3.63, 3.8) is 0 Å². The van der Waals surface area contributed by atoms with E-state index in [2.05, 4.69) is 10.5 Å². The Balaban J connectivity index is 1.68. The standard InChI is InChI=1S/C21H19ClN2O3/c1-13-11-16(8-9-19(13)22)27-14(2)21(26)24-23-12-18-17-6-4-3-5-15(17)7-10-20(18)25/h3-12,14,25H,1-2H3,(H,24,26)/b23-12-/t14-/m1/s1. The van der Waals surface area contributed by atoms with E-state index in [-0.39, 0.29) is 5.75 Å². The number of ether oxygens (including phenoxy) is 1. The van der Waals surface area contributed by atoms with Crippen LogP contribution in [-0.4, -0.2) is 23.3 Å². The van der Waals surface area contributed by atoms with Crippen molar-refractivity contribution in [1.82, 2.24) is 5.43 Å². The molecule has 0 aliphatic heterocycles. The Bertz CT molecular complexity index is 1020. The third kappa shape index (κ3) is 4.38. The summed E-state index contributed by atoms with van der Waals surface area (Å²) in [5.74, 6) is 0.237. The first-order valence-electron chi connectivity index (χ1n) is 8.42. The molecule has 0 radical (unpaired) electrons. The van der Waals surface area contributed by atoms with E-state index in [9.17, 15) is 9.90 Å². The molecule has 0 aromatic heterocycles. The highest BCUT2D eigenvalue weighted by Gasteiger charge is 2.14. The molecule has 3 aromatic rings. The van der Waals surface area contributed by atoms with Crippen molar-refractivity contribution in [3.05, 3.63) is 70.7 Å². The van der Waals surface area contributed by atoms with Crippen molar-refractivity contribution >= 4 is 34.5 Å². The fourth-order valence-corrected chi connectivity index (χ4v) is 2.74. The first-order chi connectivity index (χ1) is 13.0. The number of hydrogen-bond acceptors (Lipinski definition) is 4. The lowest BCUT2D eigenvalue weighted by Gasteiger charge is -2.13. The lowest BCUT2D eigenvalue weighted by Crippen LogP contribution is -2.33. The fraction of sp³-hybridized carbons (Fsp3) is 0.143. The van der Waals surface area contributed by atoms with Gasteiger partial charge in [0.15, 0.2) is 6.10 Å². The van der Waals surface area contributed by atoms with Crippen LogP contribution >= 0.6 is 11.6 Å². The molecule has 138 valence electrons. The zero-order valence-electron chi connectivity index (χ0n) is 14.9. The Morgan fingerprint density at radius 3 is 2.78 bits per heavy atom. The molecule has 0 spiro atoms. The van der Waals surface area contributed by atoms with E-state index >= 15 is 0 Å². The molecule has 0 saturated carbocycles. The average Bonchev–Trinajstić information content (AvgIpc) is 2.66. The smallest absolute Gasteiger partial charge is 0.280 e. The number of hydrogen-bond donors (Lipinski definition) is 2. The maximum absolute atomic E-state index is 12.2. The number of nitrogens with zero attached hydrogens (tertiary/aromatic N) is 1. The SMILES string of the molecule is Cc1cc(O[C@H](C)C(=O)N/N=C\c2c(O)ccc3ccccc23)ccc1Cl. The van der Waals surface area contributed by atoms with Crippen LogP contribution < -0.4 is 10.2 Å². The lowest BCUT2D eigenvalue weighted by molar-refractivity contribution is -0.127. The Morgan fingerprint density at radius 2 is 2.00 bits per heavy atom. The Hall–Kier alpha value is -3.05. The number of fused-ring (bicyclic) bond motifs is 1. The highest BCUT2D eigenvalue weighted by molar-refractivity contribution is 6.31. The summed E-state index contributed by atoms with van der Waals surface area (Å²) in [5.41, 5.74) is 3.84. The fourth-order valence-electron chi connectivity index (χ4n) is 2.62. The molecule has 3 rings (SSSR count). The highest BCUT2D eigenvalue weighted by atomic mass is 35.5. The second-order valence-corrected chi connectivity index (χ2v) is 6.53. The van der Waals surface area contributed by atoms with Crippen LogP contribution in [0.4, 0.5) is 0 Å². The molecule has 0 fully saturated rings. The van der Waals surface area contributed by atoms with Crippen molar-refractivity contribution < 1.29 is 14.6 Å². The number of aryl methyl sites for hydroxylation is 1. The van der Waals surface area contributed by atoms with E-state index in [0.29, 0.717) is 16.3 Å². The van der Waals surface area contributed by atoms with Gasteiger partial charge in [0.25, 0.3) is 5.91 Å². The molecule has 6 heteroatoms. The monoisotopic (exact) mass is 382 g/mol. The molecule has 5 nitrogen and oxygen atoms in total. The molecule has 0 saturated heterocycles. The molecule has 2 N–H and O–H groups in total. The third-order valence-electron chi connectivity index (χ3n) is 4.13. The van der Waals surface area contributed by atoms with Crippen LogP contribution in [0, 0.1) is 6.92 Å². The summed E-state index contributed by atoms with van der Waals surface area (Å²) in [7, 11) is 0. The normalized spacial score (nSPS) is 12.3. The quantitative estimate of drug-likeness (QED) is 0.506. The number of benzene rings is 3. The van der Waals surface area contributed by atoms with Crippen LogP contribution in [0.25, 0.3) is 10.8 Å². The molecule has 0 heterocycles. The zero-order valence-corrected chi connectivity index (χ0v) is 15.7. The van der Waals surface area contributed by atoms with E-state index in [0.717, 1.165) is 16.3 Å². The molecule has 1 atom stereocenters. The van der Waals surface area contributed by atoms with Crippen LogP contribution in [0.15, 0.2) is 59.7 Å². The number of rotatable bonds is 5. The van der Waals surface area contributed by atoms with Gasteiger partial charge in [-0.2, -0.15) is 5.10 Å². The first-order valence-corrected chi connectivity index (χ1v) is 8.80. The summed E-state index contributed by atoms with van der Waals surface area (Å²) in [4.78, 5) is 12.2. The van der Waals surface area contributed by atoms with Gasteiger partial charge in [-0.25, -0.2) is 5.43 Å². The van der Waals surface area contributed by atoms with Crippen molar-refractivity contribution in [1.29, 1.82) is 0 Å². The van der Waals surface area contributed by atoms with Gasteiger partial charge < -0.3 is 9.84 Å². The van der Waals surface area contributed by atoms with E-state index in [1.807, 2.05) is 37.3 Å². The van der Waals surface area contributed by atoms with E-state index in [4.69, 9.17) is 16.3 Å². The van der Waals surface area contributed by atoms with Gasteiger partial charge in [0.1, 0.15) is 11.5 Å². The number of phenolic OH excluding ortho intramolecular Hbond substituents is 1. The summed E-state index contributed by atoms with van der Waals surface area (Å²) in [5, 5.41) is 16.5. The minimum Gasteiger partial charge on any atom is -0.507 e. The first kappa shape index (κ1) is 18.7. The number of aromatic hydroxyl groups is 1. The van der Waals surface area contributed by atoms with Gasteiger partial charge in [0, 0.05) is 10.6 Å². The predicted molar refractivity (Wildman–Crippen MR) is 108 cm³/mol. The molecule has 27 heavy (non-hydrogen) atoms. The maximum Gasteiger partial charge on any atom is 0.280 e. The second kappa shape index (κ2) is 8.10. The molecule has 0 unspecified atom stereocenters. The van der Waals surface area contributed by atoms with Crippen LogP contribution in [0.3, 0.4) is 0 Å². The largest absolute Gasteiger partial charge is 0.507 e. The van der Waals surface area contributed by atoms with E-state index in [1.54, 1.807) is 31.2 Å². The summed E-state index contributed by atoms with van der Waals surface area (Å²) >= 11 is 5.99. The van der Waals surface area contributed by atoms with Gasteiger partial charge >= 0.3 is 0 Å². The molecule has 0 aliphatic rings. The van der Waals surface area contributed by atoms with Crippen LogP contribution in [0.1, 0.15) is 18.1 Å². The third-order valence-corrected chi connectivity index (χ3v) is 4.55. The molecule has 1 amide bonds. The Labute approximate surface area is 162 Å². The Morgan fingerprint density at radius 1 is 1.22 bits per heavy atom. The molecular formula is C21H19ClN2O3. The number of nitrogens with one attached hydrogen (secondary N) is 1. The number of phenols is 1. The number of carbonyl (C=O) groups is 1. The predicted octanol–water partition coefficient (Wildman–Crippen LogP) is 4.42. The molecule has 3 aromatic carbocycles. The van der Waals surface area contributed by atoms with Crippen molar-refractivity contribution in [2.75, 3.05) is 0 Å². The number of halogens is 1. The topological polar surface area (TPSA) is 70.9 Å². The van der Waals surface area contributed by atoms with Gasteiger partial charge in [-0.1, -0.05) is 41.9 Å². The molecule has 0 aliphatic carbocycles.